The first-order chi connectivity index (χ1) is 2.41. The summed E-state index contributed by atoms with van der Waals surface area (Å²) in [5, 5.41) is 0. The maximum atomic E-state index is 9.28. The normalized spacial score (nSPS) is 9.50. The molecule has 0 N–H and O–H groups in total. The van der Waals surface area contributed by atoms with Gasteiger partial charge in [0.25, 0.3) is 0 Å². The molecule has 0 aromatic carbocycles. The third-order valence-electron chi connectivity index (χ3n) is 0.118. The Kier molecular flexibility index (Phi) is 1.30. The summed E-state index contributed by atoms with van der Waals surface area (Å²) in [5.74, 6) is 0. The van der Waals surface area contributed by atoms with E-state index in [0.29, 0.717) is 6.42 Å². The van der Waals surface area contributed by atoms with Crippen molar-refractivity contribution >= 4 is 6.29 Å². The van der Waals surface area contributed by atoms with Gasteiger partial charge in [0, 0.05) is 7.79 Å². The molecule has 0 aliphatic heterocycles. The fourth-order valence-corrected chi connectivity index (χ4v) is 0. The highest BCUT2D eigenvalue weighted by atomic mass is 16.1. The van der Waals surface area contributed by atoms with Gasteiger partial charge in [0.1, 0.15) is 6.29 Å². The van der Waals surface area contributed by atoms with Crippen molar-refractivity contribution in [1.29, 1.82) is 0 Å². The molecule has 0 rings (SSSR count). The number of hydrogen-bond acceptors (Lipinski definition) is 1. The lowest BCUT2D eigenvalue weighted by atomic mass is 10.6. The summed E-state index contributed by atoms with van der Waals surface area (Å²) in [4.78, 5) is 9.28. The predicted molar refractivity (Wildman–Crippen MR) is 16.4 cm³/mol. The molecule has 0 aliphatic carbocycles. The minimum atomic E-state index is 0.226. The van der Waals surface area contributed by atoms with Crippen LogP contribution in [0.25, 0.3) is 0 Å². The molecule has 1 heteroatoms. The molecule has 0 aromatic rings. The molecule has 0 bridgehead atoms. The smallest absolute Gasteiger partial charge is 0.119 e. The van der Waals surface area contributed by atoms with Gasteiger partial charge in [-0.05, 0) is 0 Å². The fourth-order valence-electron chi connectivity index (χ4n) is 0. The largest absolute Gasteiger partial charge is 0.303 e. The number of hydrogen-bond donors (Lipinski definition) is 0. The topological polar surface area (TPSA) is 17.1 Å². The molecular weight excluding hydrogens is 52.0 g/mol. The molecular formula is C3H6O. The average Bonchev–Trinajstić information content (AvgIpc) is 1.41. The summed E-state index contributed by atoms with van der Waals surface area (Å²) >= 11 is 0. The SMILES string of the molecule is [3H]CCC=O. The second-order valence-corrected chi connectivity index (χ2v) is 0.455. The van der Waals surface area contributed by atoms with Crippen molar-refractivity contribution in [2.75, 3.05) is 0 Å². The van der Waals surface area contributed by atoms with Crippen LogP contribution in [-0.4, -0.2) is 6.29 Å². The first kappa shape index (κ1) is 1.94. The summed E-state index contributed by atoms with van der Waals surface area (Å²) in [6.45, 7) is 0.226. The van der Waals surface area contributed by atoms with Crippen molar-refractivity contribution < 1.29 is 6.17 Å². The summed E-state index contributed by atoms with van der Waals surface area (Å²) in [6, 6.07) is 0. The number of carbonyl (C=O) groups excluding carboxylic acids is 1. The van der Waals surface area contributed by atoms with Crippen LogP contribution in [-0.2, 0) is 4.79 Å². The van der Waals surface area contributed by atoms with Crippen molar-refractivity contribution in [2.45, 2.75) is 13.3 Å². The Hall–Kier alpha value is -0.330. The Morgan fingerprint density at radius 1 is 2.50 bits per heavy atom. The van der Waals surface area contributed by atoms with E-state index in [2.05, 4.69) is 0 Å². The second-order valence-electron chi connectivity index (χ2n) is 0.455. The van der Waals surface area contributed by atoms with Crippen molar-refractivity contribution in [3.63, 3.8) is 0 Å². The third-order valence-corrected chi connectivity index (χ3v) is 0.118. The lowest BCUT2D eigenvalue weighted by Gasteiger charge is -1.51. The van der Waals surface area contributed by atoms with Crippen LogP contribution in [0.1, 0.15) is 14.7 Å². The average molecular weight is 60.1 g/mol. The van der Waals surface area contributed by atoms with Crippen LogP contribution in [0.3, 0.4) is 0 Å². The van der Waals surface area contributed by atoms with Gasteiger partial charge in [-0.2, -0.15) is 0 Å². The van der Waals surface area contributed by atoms with Gasteiger partial charge in [0.15, 0.2) is 0 Å². The zero-order valence-corrected chi connectivity index (χ0v) is 2.40. The van der Waals surface area contributed by atoms with Gasteiger partial charge in [0.2, 0.25) is 0 Å². The zero-order valence-electron chi connectivity index (χ0n) is 3.40. The quantitative estimate of drug-likeness (QED) is 0.405. The Balaban J connectivity index is 2.40. The Morgan fingerprint density at radius 2 is 3.25 bits per heavy atom. The van der Waals surface area contributed by atoms with E-state index in [9.17, 15) is 4.79 Å². The molecule has 0 aliphatic rings. The van der Waals surface area contributed by atoms with E-state index in [0.717, 1.165) is 6.29 Å². The molecule has 0 radical (unpaired) electrons. The van der Waals surface area contributed by atoms with Gasteiger partial charge in [-0.3, -0.25) is 0 Å². The van der Waals surface area contributed by atoms with Gasteiger partial charge in [-0.15, -0.1) is 0 Å². The minimum absolute atomic E-state index is 0.226. The lowest BCUT2D eigenvalue weighted by Crippen LogP contribution is -1.55. The molecule has 0 atom stereocenters. The van der Waals surface area contributed by atoms with Crippen molar-refractivity contribution in [1.82, 2.24) is 0 Å². The molecule has 1 nitrogen and oxygen atoms in total. The Morgan fingerprint density at radius 3 is 3.25 bits per heavy atom. The maximum Gasteiger partial charge on any atom is 0.119 e. The summed E-state index contributed by atoms with van der Waals surface area (Å²) < 4.78 is 6.37. The van der Waals surface area contributed by atoms with Gasteiger partial charge < -0.3 is 4.79 Å². The highest BCUT2D eigenvalue weighted by molar-refractivity contribution is 5.48. The van der Waals surface area contributed by atoms with Crippen LogP contribution in [0.5, 0.6) is 0 Å². The summed E-state index contributed by atoms with van der Waals surface area (Å²) in [5.41, 5.74) is 0. The van der Waals surface area contributed by atoms with E-state index in [1.165, 1.54) is 0 Å². The molecule has 0 saturated carbocycles. The Bertz CT molecular complexity index is 28.1. The van der Waals surface area contributed by atoms with Crippen LogP contribution in [0.15, 0.2) is 0 Å². The molecule has 0 unspecified atom stereocenters. The predicted octanol–water partition coefficient (Wildman–Crippen LogP) is 0.595. The van der Waals surface area contributed by atoms with Crippen LogP contribution in [0.2, 0.25) is 0 Å². The standard InChI is InChI=1S/C3H6O/c1-2-3-4/h3H,2H2,1H3/i1T. The summed E-state index contributed by atoms with van der Waals surface area (Å²) in [7, 11) is 0. The first-order valence-corrected chi connectivity index (χ1v) is 1.14. The molecule has 0 fully saturated rings. The summed E-state index contributed by atoms with van der Waals surface area (Å²) in [6.07, 6.45) is 1.12. The molecule has 4 heavy (non-hydrogen) atoms. The van der Waals surface area contributed by atoms with E-state index >= 15 is 0 Å². The molecule has 0 aromatic heterocycles. The molecule has 0 spiro atoms. The van der Waals surface area contributed by atoms with Crippen LogP contribution in [0.4, 0.5) is 0 Å². The van der Waals surface area contributed by atoms with Crippen molar-refractivity contribution in [3.05, 3.63) is 0 Å². The van der Waals surface area contributed by atoms with E-state index in [4.69, 9.17) is 1.37 Å². The van der Waals surface area contributed by atoms with E-state index < -0.39 is 0 Å². The highest BCUT2D eigenvalue weighted by Gasteiger charge is 1.52. The second kappa shape index (κ2) is 2.67. The van der Waals surface area contributed by atoms with Gasteiger partial charge in [-0.1, -0.05) is 6.90 Å². The maximum absolute atomic E-state index is 9.28. The van der Waals surface area contributed by atoms with E-state index in [1.807, 2.05) is 0 Å². The fraction of sp³-hybridized carbons (Fsp3) is 0.667. The van der Waals surface area contributed by atoms with Crippen LogP contribution >= 0.6 is 0 Å². The zero-order chi connectivity index (χ0) is 4.12. The first-order valence-electron chi connectivity index (χ1n) is 1.85. The van der Waals surface area contributed by atoms with Crippen LogP contribution in [0, 0.1) is 0 Å². The van der Waals surface area contributed by atoms with Crippen molar-refractivity contribution in [2.24, 2.45) is 0 Å². The third kappa shape index (κ3) is 1.67. The number of rotatable bonds is 1. The number of aldehydes is 1. The van der Waals surface area contributed by atoms with Gasteiger partial charge in [0.05, 0.1) is 0 Å². The monoisotopic (exact) mass is 60.1 g/mol. The Labute approximate surface area is 27.0 Å². The van der Waals surface area contributed by atoms with E-state index in [1.54, 1.807) is 0 Å². The molecule has 0 amide bonds. The highest BCUT2D eigenvalue weighted by Crippen LogP contribution is 1.53. The van der Waals surface area contributed by atoms with E-state index in [-0.39, 0.29) is 6.90 Å². The van der Waals surface area contributed by atoms with Gasteiger partial charge in [-0.25, -0.2) is 0 Å². The van der Waals surface area contributed by atoms with Crippen LogP contribution < -0.4 is 0 Å². The van der Waals surface area contributed by atoms with Gasteiger partial charge >= 0.3 is 0 Å². The van der Waals surface area contributed by atoms with Crippen molar-refractivity contribution in [3.8, 4) is 0 Å². The minimum Gasteiger partial charge on any atom is -0.303 e. The molecule has 24 valence electrons. The molecule has 0 heterocycles. The lowest BCUT2D eigenvalue weighted by molar-refractivity contribution is -0.107. The molecule has 0 saturated heterocycles. The number of carbonyl (C=O) groups is 1.